The molecule has 0 saturated carbocycles. The zero-order valence-electron chi connectivity index (χ0n) is 13.2. The standard InChI is InChI=1S/C17H20FN3O2S/c18-15-2-1-3-17(12-15)24(22,23)20-13-14-6-10-21(11-7-14)16-4-8-19-9-5-16/h1-5,8-9,12,14,20H,6-7,10-11,13H2. The van der Waals surface area contributed by atoms with Crippen LogP contribution in [0.2, 0.25) is 0 Å². The molecule has 0 radical (unpaired) electrons. The van der Waals surface area contributed by atoms with Crippen LogP contribution >= 0.6 is 0 Å². The minimum atomic E-state index is -3.66. The quantitative estimate of drug-likeness (QED) is 0.900. The topological polar surface area (TPSA) is 62.3 Å². The number of sulfonamides is 1. The molecule has 0 spiro atoms. The van der Waals surface area contributed by atoms with Crippen molar-refractivity contribution in [3.8, 4) is 0 Å². The fourth-order valence-corrected chi connectivity index (χ4v) is 4.04. The van der Waals surface area contributed by atoms with Crippen molar-refractivity contribution in [1.82, 2.24) is 9.71 Å². The van der Waals surface area contributed by atoms with E-state index in [-0.39, 0.29) is 10.8 Å². The van der Waals surface area contributed by atoms with E-state index in [1.54, 1.807) is 12.4 Å². The van der Waals surface area contributed by atoms with Gasteiger partial charge < -0.3 is 4.90 Å². The number of piperidine rings is 1. The Hall–Kier alpha value is -1.99. The van der Waals surface area contributed by atoms with E-state index in [0.717, 1.165) is 37.7 Å². The smallest absolute Gasteiger partial charge is 0.240 e. The van der Waals surface area contributed by atoms with Gasteiger partial charge in [0.25, 0.3) is 0 Å². The monoisotopic (exact) mass is 349 g/mol. The fraction of sp³-hybridized carbons (Fsp3) is 0.353. The van der Waals surface area contributed by atoms with E-state index < -0.39 is 15.8 Å². The van der Waals surface area contributed by atoms with Gasteiger partial charge >= 0.3 is 0 Å². The number of rotatable bonds is 5. The Bertz CT molecular complexity index is 775. The van der Waals surface area contributed by atoms with Crippen LogP contribution in [0.4, 0.5) is 10.1 Å². The molecule has 128 valence electrons. The molecular weight excluding hydrogens is 329 g/mol. The Morgan fingerprint density at radius 2 is 1.88 bits per heavy atom. The third-order valence-electron chi connectivity index (χ3n) is 4.31. The van der Waals surface area contributed by atoms with E-state index in [0.29, 0.717) is 6.54 Å². The maximum atomic E-state index is 13.2. The molecule has 2 heterocycles. The van der Waals surface area contributed by atoms with Crippen LogP contribution in [-0.2, 0) is 10.0 Å². The Morgan fingerprint density at radius 1 is 1.17 bits per heavy atom. The number of pyridine rings is 1. The fourth-order valence-electron chi connectivity index (χ4n) is 2.90. The number of hydrogen-bond donors (Lipinski definition) is 1. The average molecular weight is 349 g/mol. The maximum Gasteiger partial charge on any atom is 0.240 e. The van der Waals surface area contributed by atoms with Crippen LogP contribution in [0.1, 0.15) is 12.8 Å². The highest BCUT2D eigenvalue weighted by Gasteiger charge is 2.22. The largest absolute Gasteiger partial charge is 0.371 e. The highest BCUT2D eigenvalue weighted by Crippen LogP contribution is 2.22. The van der Waals surface area contributed by atoms with Gasteiger partial charge in [-0.25, -0.2) is 17.5 Å². The first-order valence-corrected chi connectivity index (χ1v) is 9.43. The first kappa shape index (κ1) is 16.9. The third kappa shape index (κ3) is 4.10. The Kier molecular flexibility index (Phi) is 5.11. The lowest BCUT2D eigenvalue weighted by Gasteiger charge is -2.33. The Balaban J connectivity index is 1.53. The molecule has 1 saturated heterocycles. The van der Waals surface area contributed by atoms with Crippen LogP contribution in [0.25, 0.3) is 0 Å². The second kappa shape index (κ2) is 7.27. The highest BCUT2D eigenvalue weighted by atomic mass is 32.2. The summed E-state index contributed by atoms with van der Waals surface area (Å²) in [5.41, 5.74) is 1.14. The van der Waals surface area contributed by atoms with Crippen molar-refractivity contribution in [2.75, 3.05) is 24.5 Å². The number of halogens is 1. The SMILES string of the molecule is O=S(=O)(NCC1CCN(c2ccncc2)CC1)c1cccc(F)c1. The van der Waals surface area contributed by atoms with Crippen molar-refractivity contribution in [3.63, 3.8) is 0 Å². The van der Waals surface area contributed by atoms with E-state index in [4.69, 9.17) is 0 Å². The summed E-state index contributed by atoms with van der Waals surface area (Å²) in [5, 5.41) is 0. The van der Waals surface area contributed by atoms with Crippen LogP contribution in [0.3, 0.4) is 0 Å². The van der Waals surface area contributed by atoms with Gasteiger partial charge in [-0.05, 0) is 49.1 Å². The number of nitrogens with one attached hydrogen (secondary N) is 1. The normalized spacial score (nSPS) is 16.3. The molecule has 1 aliphatic heterocycles. The summed E-state index contributed by atoms with van der Waals surface area (Å²) in [5.74, 6) is -0.269. The molecule has 24 heavy (non-hydrogen) atoms. The molecule has 2 aromatic rings. The zero-order chi connectivity index (χ0) is 17.0. The lowest BCUT2D eigenvalue weighted by molar-refractivity contribution is 0.402. The molecule has 5 nitrogen and oxygen atoms in total. The summed E-state index contributed by atoms with van der Waals surface area (Å²) >= 11 is 0. The number of nitrogens with zero attached hydrogens (tertiary/aromatic N) is 2. The van der Waals surface area contributed by atoms with Crippen molar-refractivity contribution in [1.29, 1.82) is 0 Å². The summed E-state index contributed by atoms with van der Waals surface area (Å²) in [4.78, 5) is 6.26. The van der Waals surface area contributed by atoms with Gasteiger partial charge in [-0.15, -0.1) is 0 Å². The van der Waals surface area contributed by atoms with Gasteiger partial charge in [-0.3, -0.25) is 4.98 Å². The second-order valence-electron chi connectivity index (χ2n) is 5.95. The first-order valence-electron chi connectivity index (χ1n) is 7.95. The Morgan fingerprint density at radius 3 is 2.54 bits per heavy atom. The molecule has 7 heteroatoms. The lowest BCUT2D eigenvalue weighted by atomic mass is 9.97. The van der Waals surface area contributed by atoms with Crippen molar-refractivity contribution in [2.24, 2.45) is 5.92 Å². The van der Waals surface area contributed by atoms with E-state index in [2.05, 4.69) is 14.6 Å². The third-order valence-corrected chi connectivity index (χ3v) is 5.73. The van der Waals surface area contributed by atoms with Gasteiger partial charge in [0.05, 0.1) is 4.90 Å². The summed E-state index contributed by atoms with van der Waals surface area (Å²) in [7, 11) is -3.66. The second-order valence-corrected chi connectivity index (χ2v) is 7.71. The van der Waals surface area contributed by atoms with Crippen LogP contribution in [-0.4, -0.2) is 33.0 Å². The number of aromatic nitrogens is 1. The van der Waals surface area contributed by atoms with E-state index in [1.807, 2.05) is 12.1 Å². The molecule has 3 rings (SSSR count). The van der Waals surface area contributed by atoms with Gasteiger partial charge in [0.2, 0.25) is 10.0 Å². The molecule has 1 fully saturated rings. The molecule has 1 aromatic heterocycles. The van der Waals surface area contributed by atoms with Crippen molar-refractivity contribution >= 4 is 15.7 Å². The molecule has 1 aromatic carbocycles. The van der Waals surface area contributed by atoms with Crippen molar-refractivity contribution in [3.05, 3.63) is 54.6 Å². The molecule has 0 bridgehead atoms. The van der Waals surface area contributed by atoms with Crippen LogP contribution < -0.4 is 9.62 Å². The number of anilines is 1. The average Bonchev–Trinajstić information content (AvgIpc) is 2.61. The molecule has 0 unspecified atom stereocenters. The molecule has 0 aliphatic carbocycles. The van der Waals surface area contributed by atoms with Gasteiger partial charge in [-0.1, -0.05) is 6.07 Å². The maximum absolute atomic E-state index is 13.2. The first-order chi connectivity index (χ1) is 11.5. The molecule has 1 N–H and O–H groups in total. The van der Waals surface area contributed by atoms with Crippen LogP contribution in [0.5, 0.6) is 0 Å². The molecular formula is C17H20FN3O2S. The van der Waals surface area contributed by atoms with Crippen molar-refractivity contribution in [2.45, 2.75) is 17.7 Å². The minimum absolute atomic E-state index is 0.0308. The minimum Gasteiger partial charge on any atom is -0.371 e. The predicted octanol–water partition coefficient (Wildman–Crippen LogP) is 2.42. The van der Waals surface area contributed by atoms with Gasteiger partial charge in [-0.2, -0.15) is 0 Å². The van der Waals surface area contributed by atoms with Gasteiger partial charge in [0, 0.05) is 37.7 Å². The number of benzene rings is 1. The summed E-state index contributed by atoms with van der Waals surface area (Å²) in [6.45, 7) is 2.15. The number of hydrogen-bond acceptors (Lipinski definition) is 4. The van der Waals surface area contributed by atoms with Crippen LogP contribution in [0.15, 0.2) is 53.7 Å². The molecule has 0 atom stereocenters. The van der Waals surface area contributed by atoms with E-state index >= 15 is 0 Å². The molecule has 1 aliphatic rings. The van der Waals surface area contributed by atoms with Crippen molar-refractivity contribution < 1.29 is 12.8 Å². The Labute approximate surface area is 141 Å². The highest BCUT2D eigenvalue weighted by molar-refractivity contribution is 7.89. The van der Waals surface area contributed by atoms with Gasteiger partial charge in [0.1, 0.15) is 5.82 Å². The summed E-state index contributed by atoms with van der Waals surface area (Å²) in [6, 6.07) is 9.02. The van der Waals surface area contributed by atoms with Gasteiger partial charge in [0.15, 0.2) is 0 Å². The molecule has 0 amide bonds. The summed E-state index contributed by atoms with van der Waals surface area (Å²) in [6.07, 6.45) is 5.37. The summed E-state index contributed by atoms with van der Waals surface area (Å²) < 4.78 is 40.2. The van der Waals surface area contributed by atoms with Crippen LogP contribution in [0, 0.1) is 11.7 Å². The predicted molar refractivity (Wildman–Crippen MR) is 90.8 cm³/mol. The van der Waals surface area contributed by atoms with E-state index in [9.17, 15) is 12.8 Å². The van der Waals surface area contributed by atoms with E-state index in [1.165, 1.54) is 18.2 Å². The zero-order valence-corrected chi connectivity index (χ0v) is 14.0. The lowest BCUT2D eigenvalue weighted by Crippen LogP contribution is -2.38.